The van der Waals surface area contributed by atoms with E-state index in [9.17, 15) is 0 Å². The van der Waals surface area contributed by atoms with Crippen LogP contribution < -0.4 is 14.8 Å². The minimum absolute atomic E-state index is 0.147. The van der Waals surface area contributed by atoms with E-state index < -0.39 is 5.82 Å². The van der Waals surface area contributed by atoms with Crippen molar-refractivity contribution in [2.24, 2.45) is 5.92 Å². The summed E-state index contributed by atoms with van der Waals surface area (Å²) in [6, 6.07) is 13.6. The van der Waals surface area contributed by atoms with Gasteiger partial charge in [-0.15, -0.1) is 0 Å². The van der Waals surface area contributed by atoms with Gasteiger partial charge in [-0.1, -0.05) is 24.3 Å². The molecule has 11 heteroatoms. The lowest BCUT2D eigenvalue weighted by Gasteiger charge is -2.26. The Kier molecular flexibility index (Phi) is 7.05. The molecular formula is C28H28FN7O3. The van der Waals surface area contributed by atoms with Gasteiger partial charge in [-0.2, -0.15) is 10.2 Å². The molecule has 1 N–H and O–H groups in total. The van der Waals surface area contributed by atoms with Gasteiger partial charge in [0.1, 0.15) is 17.9 Å². The number of rotatable bonds is 11. The average Bonchev–Trinajstić information content (AvgIpc) is 3.58. The summed E-state index contributed by atoms with van der Waals surface area (Å²) in [6.45, 7) is 3.22. The molecule has 4 heterocycles. The normalized spacial score (nSPS) is 13.4. The number of ether oxygens (including phenoxy) is 3. The number of methoxy groups -OCH3 is 1. The van der Waals surface area contributed by atoms with Crippen molar-refractivity contribution >= 4 is 16.9 Å². The van der Waals surface area contributed by atoms with Gasteiger partial charge in [0, 0.05) is 31.1 Å². The van der Waals surface area contributed by atoms with E-state index in [0.717, 1.165) is 17.5 Å². The van der Waals surface area contributed by atoms with Gasteiger partial charge in [0.15, 0.2) is 17.2 Å². The van der Waals surface area contributed by atoms with Gasteiger partial charge < -0.3 is 19.5 Å². The van der Waals surface area contributed by atoms with Crippen LogP contribution in [0, 0.1) is 11.7 Å². The Bertz CT molecular complexity index is 1550. The highest BCUT2D eigenvalue weighted by molar-refractivity contribution is 5.85. The lowest BCUT2D eigenvalue weighted by atomic mass is 10.1. The van der Waals surface area contributed by atoms with Gasteiger partial charge in [-0.25, -0.2) is 14.4 Å². The molecule has 1 aliphatic heterocycles. The van der Waals surface area contributed by atoms with E-state index in [0.29, 0.717) is 55.1 Å². The van der Waals surface area contributed by atoms with E-state index >= 15 is 4.39 Å². The lowest BCUT2D eigenvalue weighted by molar-refractivity contribution is -0.0510. The van der Waals surface area contributed by atoms with Crippen LogP contribution in [0.1, 0.15) is 16.7 Å². The molecule has 0 aliphatic carbocycles. The molecule has 10 nitrogen and oxygen atoms in total. The molecule has 0 radical (unpaired) electrons. The van der Waals surface area contributed by atoms with Crippen LogP contribution in [-0.2, 0) is 24.4 Å². The predicted octanol–water partition coefficient (Wildman–Crippen LogP) is 3.90. The number of aromatic nitrogens is 6. The van der Waals surface area contributed by atoms with E-state index in [4.69, 9.17) is 14.2 Å². The largest absolute Gasteiger partial charge is 0.494 e. The van der Waals surface area contributed by atoms with E-state index in [-0.39, 0.29) is 12.3 Å². The van der Waals surface area contributed by atoms with Crippen LogP contribution in [0.15, 0.2) is 67.4 Å². The predicted molar refractivity (Wildman–Crippen MR) is 142 cm³/mol. The first-order valence-corrected chi connectivity index (χ1v) is 12.7. The zero-order valence-corrected chi connectivity index (χ0v) is 21.5. The summed E-state index contributed by atoms with van der Waals surface area (Å²) in [5.74, 6) is 1.02. The number of hydrogen-bond donors (Lipinski definition) is 1. The molecule has 0 atom stereocenters. The second-order valence-electron chi connectivity index (χ2n) is 9.43. The highest BCUT2D eigenvalue weighted by Gasteiger charge is 2.22. The van der Waals surface area contributed by atoms with Crippen LogP contribution in [0.3, 0.4) is 0 Å². The fraction of sp³-hybridized carbons (Fsp3) is 0.286. The molecule has 6 rings (SSSR count). The van der Waals surface area contributed by atoms with Crippen molar-refractivity contribution in [1.82, 2.24) is 29.5 Å². The monoisotopic (exact) mass is 529 g/mol. The summed E-state index contributed by atoms with van der Waals surface area (Å²) >= 11 is 0. The third-order valence-corrected chi connectivity index (χ3v) is 6.63. The molecular weight excluding hydrogens is 501 g/mol. The summed E-state index contributed by atoms with van der Waals surface area (Å²) in [5, 5.41) is 12.9. The van der Waals surface area contributed by atoms with Crippen LogP contribution in [-0.4, -0.2) is 56.5 Å². The molecule has 0 saturated carbocycles. The average molecular weight is 530 g/mol. The third-order valence-electron chi connectivity index (χ3n) is 6.63. The third kappa shape index (κ3) is 5.53. The zero-order chi connectivity index (χ0) is 26.6. The van der Waals surface area contributed by atoms with Crippen LogP contribution in [0.25, 0.3) is 11.0 Å². The number of fused-ring (bicyclic) bond motifs is 1. The Morgan fingerprint density at radius 1 is 1.03 bits per heavy atom. The summed E-state index contributed by atoms with van der Waals surface area (Å²) in [5.41, 5.74) is 3.19. The van der Waals surface area contributed by atoms with Gasteiger partial charge in [-0.05, 0) is 29.3 Å². The van der Waals surface area contributed by atoms with Crippen LogP contribution in [0.5, 0.6) is 11.5 Å². The van der Waals surface area contributed by atoms with E-state index in [1.165, 1.54) is 19.0 Å². The second kappa shape index (κ2) is 11.1. The number of benzene rings is 2. The number of halogens is 1. The maximum atomic E-state index is 15.2. The molecule has 200 valence electrons. The number of hydrogen-bond acceptors (Lipinski definition) is 8. The van der Waals surface area contributed by atoms with Crippen LogP contribution >= 0.6 is 0 Å². The summed E-state index contributed by atoms with van der Waals surface area (Å²) in [6.07, 6.45) is 7.05. The SMILES string of the molecule is COc1ccc(OCC2COC2)c(CNc2ncnc3nn(Cc4ccc(Cn5cccn5)cc4)cc23)c1F. The van der Waals surface area contributed by atoms with Gasteiger partial charge in [0.2, 0.25) is 0 Å². The van der Waals surface area contributed by atoms with E-state index in [1.807, 2.05) is 27.8 Å². The molecule has 0 amide bonds. The van der Waals surface area contributed by atoms with Gasteiger partial charge >= 0.3 is 0 Å². The Morgan fingerprint density at radius 2 is 1.79 bits per heavy atom. The van der Waals surface area contributed by atoms with Crippen molar-refractivity contribution in [1.29, 1.82) is 0 Å². The van der Waals surface area contributed by atoms with E-state index in [2.05, 4.69) is 49.7 Å². The molecule has 2 aromatic carbocycles. The second-order valence-corrected chi connectivity index (χ2v) is 9.43. The molecule has 5 aromatic rings. The Labute approximate surface area is 224 Å². The molecule has 1 aliphatic rings. The Balaban J connectivity index is 1.17. The lowest BCUT2D eigenvalue weighted by Crippen LogP contribution is -2.32. The Morgan fingerprint density at radius 3 is 2.49 bits per heavy atom. The van der Waals surface area contributed by atoms with Gasteiger partial charge in [-0.3, -0.25) is 9.36 Å². The molecule has 1 saturated heterocycles. The summed E-state index contributed by atoms with van der Waals surface area (Å²) < 4.78 is 35.3. The number of nitrogens with zero attached hydrogens (tertiary/aromatic N) is 6. The molecule has 3 aromatic heterocycles. The molecule has 1 fully saturated rings. The molecule has 0 spiro atoms. The first-order chi connectivity index (χ1) is 19.2. The Hall–Kier alpha value is -4.51. The van der Waals surface area contributed by atoms with Crippen molar-refractivity contribution in [3.63, 3.8) is 0 Å². The first kappa shape index (κ1) is 24.8. The van der Waals surface area contributed by atoms with Crippen molar-refractivity contribution in [2.75, 3.05) is 32.2 Å². The van der Waals surface area contributed by atoms with Crippen molar-refractivity contribution < 1.29 is 18.6 Å². The quantitative estimate of drug-likeness (QED) is 0.275. The minimum Gasteiger partial charge on any atom is -0.494 e. The van der Waals surface area contributed by atoms with Crippen LogP contribution in [0.2, 0.25) is 0 Å². The minimum atomic E-state index is -0.468. The highest BCUT2D eigenvalue weighted by atomic mass is 19.1. The summed E-state index contributed by atoms with van der Waals surface area (Å²) in [4.78, 5) is 8.71. The van der Waals surface area contributed by atoms with Crippen molar-refractivity contribution in [3.8, 4) is 11.5 Å². The van der Waals surface area contributed by atoms with E-state index in [1.54, 1.807) is 18.3 Å². The number of anilines is 1. The molecule has 39 heavy (non-hydrogen) atoms. The molecule has 0 bridgehead atoms. The number of nitrogens with one attached hydrogen (secondary N) is 1. The maximum absolute atomic E-state index is 15.2. The van der Waals surface area contributed by atoms with Gasteiger partial charge in [0.05, 0.1) is 51.0 Å². The van der Waals surface area contributed by atoms with Crippen molar-refractivity contribution in [3.05, 3.63) is 89.9 Å². The first-order valence-electron chi connectivity index (χ1n) is 12.7. The highest BCUT2D eigenvalue weighted by Crippen LogP contribution is 2.31. The fourth-order valence-corrected chi connectivity index (χ4v) is 4.42. The van der Waals surface area contributed by atoms with Crippen LogP contribution in [0.4, 0.5) is 10.2 Å². The molecule has 0 unspecified atom stereocenters. The maximum Gasteiger partial charge on any atom is 0.186 e. The van der Waals surface area contributed by atoms with Gasteiger partial charge in [0.25, 0.3) is 0 Å². The fourth-order valence-electron chi connectivity index (χ4n) is 4.42. The zero-order valence-electron chi connectivity index (χ0n) is 21.5. The standard InChI is InChI=1S/C28H28FN7O3/c1-37-25-8-7-24(39-17-21-15-38-16-21)22(26(25)29)11-30-27-23-14-36(34-28(23)32-18-31-27)13-20-5-3-19(4-6-20)12-35-10-2-9-33-35/h2-10,14,18,21H,11-13,15-17H2,1H3,(H,30,31,32,34). The van der Waals surface area contributed by atoms with Crippen molar-refractivity contribution in [2.45, 2.75) is 19.6 Å². The smallest absolute Gasteiger partial charge is 0.186 e. The summed E-state index contributed by atoms with van der Waals surface area (Å²) in [7, 11) is 1.44. The topological polar surface area (TPSA) is 101 Å².